The molecular formula is C15H32N2O. The van der Waals surface area contributed by atoms with Crippen LogP contribution in [0, 0.1) is 5.41 Å². The van der Waals surface area contributed by atoms with Crippen LogP contribution in [0.4, 0.5) is 0 Å². The lowest BCUT2D eigenvalue weighted by Crippen LogP contribution is -2.51. The van der Waals surface area contributed by atoms with Crippen LogP contribution in [-0.4, -0.2) is 48.3 Å². The Morgan fingerprint density at radius 1 is 1.22 bits per heavy atom. The van der Waals surface area contributed by atoms with Gasteiger partial charge in [0.2, 0.25) is 0 Å². The van der Waals surface area contributed by atoms with E-state index in [1.807, 2.05) is 0 Å². The highest BCUT2D eigenvalue weighted by Crippen LogP contribution is 2.30. The highest BCUT2D eigenvalue weighted by Gasteiger charge is 2.34. The molecule has 1 rings (SSSR count). The third-order valence-electron chi connectivity index (χ3n) is 4.84. The molecule has 1 saturated carbocycles. The molecule has 1 aliphatic rings. The largest absolute Gasteiger partial charge is 0.394 e. The van der Waals surface area contributed by atoms with E-state index in [-0.39, 0.29) is 12.1 Å². The Hall–Kier alpha value is -0.120. The predicted octanol–water partition coefficient (Wildman–Crippen LogP) is 2.25. The Morgan fingerprint density at radius 3 is 2.17 bits per heavy atom. The molecule has 1 fully saturated rings. The number of hydrogen-bond acceptors (Lipinski definition) is 3. The van der Waals surface area contributed by atoms with E-state index >= 15 is 0 Å². The van der Waals surface area contributed by atoms with Gasteiger partial charge in [0.25, 0.3) is 0 Å². The lowest BCUT2D eigenvalue weighted by Gasteiger charge is -2.42. The van der Waals surface area contributed by atoms with Gasteiger partial charge in [0.15, 0.2) is 0 Å². The highest BCUT2D eigenvalue weighted by molar-refractivity contribution is 4.90. The molecule has 0 aromatic heterocycles. The summed E-state index contributed by atoms with van der Waals surface area (Å²) in [4.78, 5) is 2.31. The predicted molar refractivity (Wildman–Crippen MR) is 77.8 cm³/mol. The molecule has 108 valence electrons. The van der Waals surface area contributed by atoms with Gasteiger partial charge >= 0.3 is 0 Å². The fourth-order valence-electron chi connectivity index (χ4n) is 2.27. The zero-order chi connectivity index (χ0) is 13.8. The Kier molecular flexibility index (Phi) is 5.63. The van der Waals surface area contributed by atoms with E-state index in [0.29, 0.717) is 5.41 Å². The molecule has 3 heteroatoms. The van der Waals surface area contributed by atoms with Crippen molar-refractivity contribution < 1.29 is 5.11 Å². The summed E-state index contributed by atoms with van der Waals surface area (Å²) in [5, 5.41) is 13.2. The molecule has 2 N–H and O–H groups in total. The van der Waals surface area contributed by atoms with Crippen LogP contribution in [0.1, 0.15) is 53.4 Å². The molecule has 0 bridgehead atoms. The van der Waals surface area contributed by atoms with Crippen LogP contribution < -0.4 is 5.32 Å². The third kappa shape index (κ3) is 4.22. The van der Waals surface area contributed by atoms with Gasteiger partial charge in [0, 0.05) is 24.7 Å². The quantitative estimate of drug-likeness (QED) is 0.664. The highest BCUT2D eigenvalue weighted by atomic mass is 16.3. The summed E-state index contributed by atoms with van der Waals surface area (Å²) in [6.45, 7) is 11.2. The van der Waals surface area contributed by atoms with Crippen molar-refractivity contribution in [1.29, 1.82) is 0 Å². The van der Waals surface area contributed by atoms with Gasteiger partial charge in [0.05, 0.1) is 6.61 Å². The molecule has 18 heavy (non-hydrogen) atoms. The molecule has 0 unspecified atom stereocenters. The van der Waals surface area contributed by atoms with Crippen molar-refractivity contribution in [3.63, 3.8) is 0 Å². The van der Waals surface area contributed by atoms with E-state index in [2.05, 4.69) is 45.0 Å². The summed E-state index contributed by atoms with van der Waals surface area (Å²) < 4.78 is 0. The van der Waals surface area contributed by atoms with Gasteiger partial charge in [-0.1, -0.05) is 13.8 Å². The van der Waals surface area contributed by atoms with E-state index in [1.165, 1.54) is 25.7 Å². The van der Waals surface area contributed by atoms with E-state index in [4.69, 9.17) is 0 Å². The molecule has 0 aromatic carbocycles. The minimum absolute atomic E-state index is 0.130. The maximum Gasteiger partial charge on any atom is 0.0609 e. The van der Waals surface area contributed by atoms with Gasteiger partial charge in [-0.15, -0.1) is 0 Å². The zero-order valence-electron chi connectivity index (χ0n) is 12.9. The molecule has 0 spiro atoms. The van der Waals surface area contributed by atoms with Gasteiger partial charge in [-0.3, -0.25) is 4.90 Å². The van der Waals surface area contributed by atoms with Gasteiger partial charge in [-0.25, -0.2) is 0 Å². The zero-order valence-corrected chi connectivity index (χ0v) is 12.9. The van der Waals surface area contributed by atoms with Crippen molar-refractivity contribution in [3.05, 3.63) is 0 Å². The second-order valence-corrected chi connectivity index (χ2v) is 6.69. The minimum atomic E-state index is -0.130. The maximum absolute atomic E-state index is 9.48. The number of rotatable bonds is 9. The van der Waals surface area contributed by atoms with Crippen molar-refractivity contribution in [2.24, 2.45) is 5.41 Å². The normalized spacial score (nSPS) is 17.5. The molecular weight excluding hydrogens is 224 g/mol. The van der Waals surface area contributed by atoms with E-state index in [1.54, 1.807) is 0 Å². The fraction of sp³-hybridized carbons (Fsp3) is 1.00. The molecule has 0 aliphatic heterocycles. The first-order valence-electron chi connectivity index (χ1n) is 7.44. The summed E-state index contributed by atoms with van der Waals surface area (Å²) >= 11 is 0. The molecule has 1 aliphatic carbocycles. The van der Waals surface area contributed by atoms with Gasteiger partial charge in [-0.05, 0) is 52.0 Å². The Balaban J connectivity index is 2.58. The number of hydrogen-bond donors (Lipinski definition) is 2. The Morgan fingerprint density at radius 2 is 1.78 bits per heavy atom. The number of likely N-dealkylation sites (N-methyl/N-ethyl adjacent to an activating group) is 1. The number of aliphatic hydroxyl groups excluding tert-OH is 1. The molecule has 0 atom stereocenters. The Bertz CT molecular complexity index is 245. The van der Waals surface area contributed by atoms with Crippen LogP contribution in [-0.2, 0) is 0 Å². The topological polar surface area (TPSA) is 35.5 Å². The molecule has 0 heterocycles. The van der Waals surface area contributed by atoms with Crippen LogP contribution in [0.3, 0.4) is 0 Å². The molecule has 0 aromatic rings. The third-order valence-corrected chi connectivity index (χ3v) is 4.84. The number of aliphatic hydroxyl groups is 1. The standard InChI is InChI=1S/C15H32N2O/c1-6-15(7-2,10-16-13-8-9-13)11-17(5)14(3,4)12-18/h13,16,18H,6-12H2,1-5H3. The van der Waals surface area contributed by atoms with Crippen molar-refractivity contribution in [1.82, 2.24) is 10.2 Å². The average Bonchev–Trinajstić information content (AvgIpc) is 3.18. The summed E-state index contributed by atoms with van der Waals surface area (Å²) in [5.74, 6) is 0. The Labute approximate surface area is 113 Å². The fourth-order valence-corrected chi connectivity index (χ4v) is 2.27. The molecule has 0 saturated heterocycles. The van der Waals surface area contributed by atoms with Crippen molar-refractivity contribution in [2.75, 3.05) is 26.7 Å². The second kappa shape index (κ2) is 6.36. The average molecular weight is 256 g/mol. The number of nitrogens with zero attached hydrogens (tertiary/aromatic N) is 1. The van der Waals surface area contributed by atoms with E-state index < -0.39 is 0 Å². The maximum atomic E-state index is 9.48. The van der Waals surface area contributed by atoms with Crippen LogP contribution in [0.15, 0.2) is 0 Å². The molecule has 3 nitrogen and oxygen atoms in total. The van der Waals surface area contributed by atoms with Gasteiger partial charge in [-0.2, -0.15) is 0 Å². The van der Waals surface area contributed by atoms with E-state index in [9.17, 15) is 5.11 Å². The minimum Gasteiger partial charge on any atom is -0.394 e. The van der Waals surface area contributed by atoms with Crippen molar-refractivity contribution in [2.45, 2.75) is 65.0 Å². The van der Waals surface area contributed by atoms with Crippen LogP contribution in [0.25, 0.3) is 0 Å². The van der Waals surface area contributed by atoms with Gasteiger partial charge < -0.3 is 10.4 Å². The first-order valence-corrected chi connectivity index (χ1v) is 7.44. The lowest BCUT2D eigenvalue weighted by atomic mass is 9.80. The first-order chi connectivity index (χ1) is 8.39. The summed E-state index contributed by atoms with van der Waals surface area (Å²) in [5.41, 5.74) is 0.207. The smallest absolute Gasteiger partial charge is 0.0609 e. The van der Waals surface area contributed by atoms with Crippen molar-refractivity contribution in [3.8, 4) is 0 Å². The van der Waals surface area contributed by atoms with Gasteiger partial charge in [0.1, 0.15) is 0 Å². The van der Waals surface area contributed by atoms with Crippen LogP contribution in [0.2, 0.25) is 0 Å². The summed E-state index contributed by atoms with van der Waals surface area (Å²) in [6.07, 6.45) is 5.08. The summed E-state index contributed by atoms with van der Waals surface area (Å²) in [6, 6.07) is 0.777. The van der Waals surface area contributed by atoms with Crippen LogP contribution in [0.5, 0.6) is 0 Å². The summed E-state index contributed by atoms with van der Waals surface area (Å²) in [7, 11) is 2.13. The van der Waals surface area contributed by atoms with E-state index in [0.717, 1.165) is 19.1 Å². The second-order valence-electron chi connectivity index (χ2n) is 6.69. The lowest BCUT2D eigenvalue weighted by molar-refractivity contribution is 0.0367. The monoisotopic (exact) mass is 256 g/mol. The number of nitrogens with one attached hydrogen (secondary N) is 1. The molecule has 0 radical (unpaired) electrons. The van der Waals surface area contributed by atoms with Crippen molar-refractivity contribution >= 4 is 0 Å². The first kappa shape index (κ1) is 15.9. The molecule has 0 amide bonds. The SMILES string of the molecule is CCC(CC)(CNC1CC1)CN(C)C(C)(C)CO. The van der Waals surface area contributed by atoms with Crippen LogP contribution >= 0.6 is 0 Å².